The molecule has 0 aliphatic heterocycles. The van der Waals surface area contributed by atoms with Gasteiger partial charge in [-0.25, -0.2) is 9.50 Å². The summed E-state index contributed by atoms with van der Waals surface area (Å²) in [4.78, 5) is 8.68. The van der Waals surface area contributed by atoms with Crippen LogP contribution in [0.25, 0.3) is 16.6 Å². The van der Waals surface area contributed by atoms with Gasteiger partial charge in [-0.15, -0.1) is 5.10 Å². The standard InChI is InChI=1S/C20H21N5O/c1-13(2)11-22-18-7-8-19-23-12-17(25(19)24-18)20(26)15-5-6-16-14(10-15)4-3-9-21-16/h3-10,12-13,20,26H,11H2,1-2H3,(H,22,24). The van der Waals surface area contributed by atoms with E-state index in [4.69, 9.17) is 0 Å². The Balaban J connectivity index is 1.70. The molecule has 3 aromatic heterocycles. The van der Waals surface area contributed by atoms with Gasteiger partial charge in [0.25, 0.3) is 0 Å². The van der Waals surface area contributed by atoms with Crippen LogP contribution in [0.5, 0.6) is 0 Å². The Morgan fingerprint density at radius 3 is 2.85 bits per heavy atom. The quantitative estimate of drug-likeness (QED) is 0.578. The van der Waals surface area contributed by atoms with E-state index in [0.29, 0.717) is 17.3 Å². The molecule has 3 heterocycles. The summed E-state index contributed by atoms with van der Waals surface area (Å²) in [6, 6.07) is 13.4. The monoisotopic (exact) mass is 347 g/mol. The second-order valence-electron chi connectivity index (χ2n) is 6.80. The third-order valence-corrected chi connectivity index (χ3v) is 4.30. The average Bonchev–Trinajstić information content (AvgIpc) is 3.08. The predicted molar refractivity (Wildman–Crippen MR) is 102 cm³/mol. The molecule has 4 aromatic rings. The molecule has 0 saturated heterocycles. The van der Waals surface area contributed by atoms with Crippen LogP contribution in [0.3, 0.4) is 0 Å². The number of benzene rings is 1. The third kappa shape index (κ3) is 3.11. The molecule has 0 aliphatic carbocycles. The Bertz CT molecular complexity index is 1060. The average molecular weight is 347 g/mol. The Morgan fingerprint density at radius 1 is 1.12 bits per heavy atom. The second-order valence-corrected chi connectivity index (χ2v) is 6.80. The van der Waals surface area contributed by atoms with Crippen molar-refractivity contribution in [2.24, 2.45) is 5.92 Å². The molecule has 0 amide bonds. The number of fused-ring (bicyclic) bond motifs is 2. The first kappa shape index (κ1) is 16.5. The van der Waals surface area contributed by atoms with Gasteiger partial charge in [0, 0.05) is 18.1 Å². The van der Waals surface area contributed by atoms with Crippen molar-refractivity contribution in [2.75, 3.05) is 11.9 Å². The number of aliphatic hydroxyl groups excluding tert-OH is 1. The lowest BCUT2D eigenvalue weighted by molar-refractivity contribution is 0.213. The minimum atomic E-state index is -0.817. The number of nitrogens with one attached hydrogen (secondary N) is 1. The van der Waals surface area contributed by atoms with Gasteiger partial charge in [0.2, 0.25) is 0 Å². The molecule has 6 heteroatoms. The van der Waals surface area contributed by atoms with Crippen molar-refractivity contribution < 1.29 is 5.11 Å². The van der Waals surface area contributed by atoms with Gasteiger partial charge in [-0.3, -0.25) is 4.98 Å². The molecule has 132 valence electrons. The highest BCUT2D eigenvalue weighted by atomic mass is 16.3. The van der Waals surface area contributed by atoms with Crippen LogP contribution >= 0.6 is 0 Å². The lowest BCUT2D eigenvalue weighted by Gasteiger charge is -2.12. The predicted octanol–water partition coefficient (Wildman–Crippen LogP) is 3.43. The summed E-state index contributed by atoms with van der Waals surface area (Å²) >= 11 is 0. The molecule has 1 aromatic carbocycles. The van der Waals surface area contributed by atoms with Gasteiger partial charge in [-0.05, 0) is 41.8 Å². The van der Waals surface area contributed by atoms with Crippen LogP contribution in [-0.2, 0) is 0 Å². The topological polar surface area (TPSA) is 75.3 Å². The van der Waals surface area contributed by atoms with Gasteiger partial charge in [0.1, 0.15) is 11.9 Å². The van der Waals surface area contributed by atoms with E-state index in [-0.39, 0.29) is 0 Å². The van der Waals surface area contributed by atoms with Crippen molar-refractivity contribution in [1.82, 2.24) is 19.6 Å². The van der Waals surface area contributed by atoms with E-state index < -0.39 is 6.10 Å². The molecular formula is C20H21N5O. The van der Waals surface area contributed by atoms with Gasteiger partial charge in [-0.2, -0.15) is 0 Å². The van der Waals surface area contributed by atoms with E-state index in [9.17, 15) is 5.11 Å². The number of rotatable bonds is 5. The summed E-state index contributed by atoms with van der Waals surface area (Å²) in [6.45, 7) is 5.13. The number of aliphatic hydroxyl groups is 1. The number of imidazole rings is 1. The zero-order valence-corrected chi connectivity index (χ0v) is 14.8. The fourth-order valence-electron chi connectivity index (χ4n) is 2.92. The molecule has 0 bridgehead atoms. The minimum absolute atomic E-state index is 0.520. The number of pyridine rings is 1. The Kier molecular flexibility index (Phi) is 4.26. The van der Waals surface area contributed by atoms with Crippen LogP contribution in [0.4, 0.5) is 5.82 Å². The number of anilines is 1. The summed E-state index contributed by atoms with van der Waals surface area (Å²) in [5, 5.41) is 19.8. The molecule has 6 nitrogen and oxygen atoms in total. The Morgan fingerprint density at radius 2 is 2.00 bits per heavy atom. The molecule has 0 saturated carbocycles. The Labute approximate surface area is 151 Å². The molecule has 0 aliphatic rings. The first-order valence-electron chi connectivity index (χ1n) is 8.73. The first-order valence-corrected chi connectivity index (χ1v) is 8.73. The fourth-order valence-corrected chi connectivity index (χ4v) is 2.92. The van der Waals surface area contributed by atoms with Crippen molar-refractivity contribution >= 4 is 22.4 Å². The van der Waals surface area contributed by atoms with E-state index in [1.54, 1.807) is 16.9 Å². The van der Waals surface area contributed by atoms with Gasteiger partial charge in [0.15, 0.2) is 5.65 Å². The summed E-state index contributed by atoms with van der Waals surface area (Å²) in [7, 11) is 0. The SMILES string of the molecule is CC(C)CNc1ccc2ncc(C(O)c3ccc4ncccc4c3)n2n1. The highest BCUT2D eigenvalue weighted by Crippen LogP contribution is 2.25. The molecule has 26 heavy (non-hydrogen) atoms. The van der Waals surface area contributed by atoms with E-state index in [1.165, 1.54) is 0 Å². The van der Waals surface area contributed by atoms with E-state index in [0.717, 1.165) is 28.8 Å². The normalized spacial score (nSPS) is 12.8. The molecule has 0 spiro atoms. The summed E-state index contributed by atoms with van der Waals surface area (Å²) < 4.78 is 1.70. The fraction of sp³-hybridized carbons (Fsp3) is 0.250. The zero-order valence-electron chi connectivity index (χ0n) is 14.8. The lowest BCUT2D eigenvalue weighted by Crippen LogP contribution is -2.12. The molecule has 1 unspecified atom stereocenters. The first-order chi connectivity index (χ1) is 12.6. The molecule has 2 N–H and O–H groups in total. The van der Waals surface area contributed by atoms with Crippen LogP contribution in [0, 0.1) is 5.92 Å². The van der Waals surface area contributed by atoms with Gasteiger partial charge in [-0.1, -0.05) is 26.0 Å². The van der Waals surface area contributed by atoms with E-state index in [1.807, 2.05) is 42.5 Å². The van der Waals surface area contributed by atoms with Crippen molar-refractivity contribution in [2.45, 2.75) is 20.0 Å². The lowest BCUT2D eigenvalue weighted by atomic mass is 10.0. The minimum Gasteiger partial charge on any atom is -0.382 e. The van der Waals surface area contributed by atoms with Crippen LogP contribution in [0.1, 0.15) is 31.2 Å². The van der Waals surface area contributed by atoms with Gasteiger partial charge in [0.05, 0.1) is 17.4 Å². The Hall–Kier alpha value is -2.99. The largest absolute Gasteiger partial charge is 0.382 e. The number of hydrogen-bond donors (Lipinski definition) is 2. The summed E-state index contributed by atoms with van der Waals surface area (Å²) in [6.07, 6.45) is 2.62. The smallest absolute Gasteiger partial charge is 0.154 e. The maximum Gasteiger partial charge on any atom is 0.154 e. The zero-order chi connectivity index (χ0) is 18.1. The number of aromatic nitrogens is 4. The second kappa shape index (κ2) is 6.72. The summed E-state index contributed by atoms with van der Waals surface area (Å²) in [5.74, 6) is 1.28. The molecule has 0 radical (unpaired) electrons. The van der Waals surface area contributed by atoms with Crippen LogP contribution < -0.4 is 5.32 Å². The number of hydrogen-bond acceptors (Lipinski definition) is 5. The van der Waals surface area contributed by atoms with E-state index >= 15 is 0 Å². The van der Waals surface area contributed by atoms with Crippen LogP contribution in [0.2, 0.25) is 0 Å². The maximum atomic E-state index is 10.9. The van der Waals surface area contributed by atoms with Crippen molar-refractivity contribution in [3.63, 3.8) is 0 Å². The number of nitrogens with zero attached hydrogens (tertiary/aromatic N) is 4. The van der Waals surface area contributed by atoms with Gasteiger partial charge < -0.3 is 10.4 Å². The van der Waals surface area contributed by atoms with Crippen LogP contribution in [0.15, 0.2) is 54.9 Å². The van der Waals surface area contributed by atoms with Crippen molar-refractivity contribution in [3.8, 4) is 0 Å². The van der Waals surface area contributed by atoms with Crippen molar-refractivity contribution in [3.05, 3.63) is 66.1 Å². The third-order valence-electron chi connectivity index (χ3n) is 4.30. The highest BCUT2D eigenvalue weighted by Gasteiger charge is 2.17. The molecule has 0 fully saturated rings. The van der Waals surface area contributed by atoms with Gasteiger partial charge >= 0.3 is 0 Å². The maximum absolute atomic E-state index is 10.9. The molecule has 4 rings (SSSR count). The highest BCUT2D eigenvalue weighted by molar-refractivity contribution is 5.79. The van der Waals surface area contributed by atoms with Crippen LogP contribution in [-0.4, -0.2) is 31.2 Å². The molecular weight excluding hydrogens is 326 g/mol. The molecule has 1 atom stereocenters. The van der Waals surface area contributed by atoms with E-state index in [2.05, 4.69) is 34.2 Å². The van der Waals surface area contributed by atoms with Crippen molar-refractivity contribution in [1.29, 1.82) is 0 Å². The summed E-state index contributed by atoms with van der Waals surface area (Å²) in [5.41, 5.74) is 3.03.